The highest BCUT2D eigenvalue weighted by Gasteiger charge is 2.17. The van der Waals surface area contributed by atoms with E-state index in [4.69, 9.17) is 0 Å². The molecule has 0 amide bonds. The summed E-state index contributed by atoms with van der Waals surface area (Å²) in [5, 5.41) is 4.51. The van der Waals surface area contributed by atoms with Gasteiger partial charge in [-0.15, -0.1) is 0 Å². The summed E-state index contributed by atoms with van der Waals surface area (Å²) in [4.78, 5) is 11.5. The van der Waals surface area contributed by atoms with Crippen molar-refractivity contribution in [3.05, 3.63) is 18.0 Å². The van der Waals surface area contributed by atoms with Gasteiger partial charge in [-0.2, -0.15) is 5.10 Å². The second-order valence-corrected chi connectivity index (χ2v) is 4.69. The van der Waals surface area contributed by atoms with Crippen LogP contribution in [0.25, 0.3) is 0 Å². The average molecular weight is 220 g/mol. The van der Waals surface area contributed by atoms with Crippen molar-refractivity contribution in [2.45, 2.75) is 57.9 Å². The Morgan fingerprint density at radius 1 is 1.50 bits per heavy atom. The number of aromatic nitrogens is 2. The van der Waals surface area contributed by atoms with Gasteiger partial charge in [-0.05, 0) is 25.3 Å². The second kappa shape index (κ2) is 5.28. The number of carbonyl (C=O) groups is 1. The largest absolute Gasteiger partial charge is 0.299 e. The molecule has 3 heteroatoms. The van der Waals surface area contributed by atoms with Crippen LogP contribution in [-0.4, -0.2) is 15.6 Å². The van der Waals surface area contributed by atoms with Gasteiger partial charge in [0.2, 0.25) is 0 Å². The molecule has 88 valence electrons. The summed E-state index contributed by atoms with van der Waals surface area (Å²) in [5.74, 6) is 0.305. The van der Waals surface area contributed by atoms with Crippen LogP contribution in [0.4, 0.5) is 0 Å². The van der Waals surface area contributed by atoms with Crippen molar-refractivity contribution in [1.82, 2.24) is 9.78 Å². The van der Waals surface area contributed by atoms with E-state index < -0.39 is 0 Å². The minimum absolute atomic E-state index is 0.305. The lowest BCUT2D eigenvalue weighted by Crippen LogP contribution is -2.07. The van der Waals surface area contributed by atoms with E-state index in [2.05, 4.69) is 9.78 Å². The Morgan fingerprint density at radius 3 is 2.94 bits per heavy atom. The van der Waals surface area contributed by atoms with Gasteiger partial charge in [-0.1, -0.05) is 19.8 Å². The Kier molecular flexibility index (Phi) is 3.75. The van der Waals surface area contributed by atoms with Crippen LogP contribution < -0.4 is 0 Å². The topological polar surface area (TPSA) is 34.9 Å². The first-order valence-corrected chi connectivity index (χ1v) is 6.35. The molecule has 1 aliphatic rings. The van der Waals surface area contributed by atoms with Gasteiger partial charge in [0.15, 0.2) is 0 Å². The number of rotatable bonds is 5. The van der Waals surface area contributed by atoms with Gasteiger partial charge in [0, 0.05) is 12.6 Å². The third-order valence-electron chi connectivity index (χ3n) is 3.27. The van der Waals surface area contributed by atoms with Gasteiger partial charge in [0.1, 0.15) is 5.78 Å². The summed E-state index contributed by atoms with van der Waals surface area (Å²) in [6.45, 7) is 2.04. The summed E-state index contributed by atoms with van der Waals surface area (Å²) in [7, 11) is 0. The third kappa shape index (κ3) is 2.71. The van der Waals surface area contributed by atoms with Gasteiger partial charge >= 0.3 is 0 Å². The number of hydrogen-bond acceptors (Lipinski definition) is 2. The molecule has 1 heterocycles. The molecule has 1 aliphatic carbocycles. The molecule has 0 radical (unpaired) electrons. The zero-order valence-corrected chi connectivity index (χ0v) is 9.98. The fourth-order valence-electron chi connectivity index (χ4n) is 2.41. The van der Waals surface area contributed by atoms with Crippen LogP contribution in [0.2, 0.25) is 0 Å². The quantitative estimate of drug-likeness (QED) is 0.764. The van der Waals surface area contributed by atoms with E-state index in [0.717, 1.165) is 12.1 Å². The molecule has 1 saturated carbocycles. The molecule has 0 atom stereocenters. The van der Waals surface area contributed by atoms with E-state index in [1.807, 2.05) is 19.2 Å². The summed E-state index contributed by atoms with van der Waals surface area (Å²) in [5.41, 5.74) is 0.936. The van der Waals surface area contributed by atoms with Crippen LogP contribution in [0.3, 0.4) is 0 Å². The van der Waals surface area contributed by atoms with Crippen molar-refractivity contribution < 1.29 is 4.79 Å². The fourth-order valence-corrected chi connectivity index (χ4v) is 2.41. The molecule has 0 aromatic carbocycles. The maximum Gasteiger partial charge on any atom is 0.138 e. The van der Waals surface area contributed by atoms with Crippen molar-refractivity contribution in [2.75, 3.05) is 0 Å². The zero-order valence-electron chi connectivity index (χ0n) is 9.98. The predicted octanol–water partition coefficient (Wildman–Crippen LogP) is 2.91. The Balaban J connectivity index is 1.93. The van der Waals surface area contributed by atoms with E-state index >= 15 is 0 Å². The highest BCUT2D eigenvalue weighted by atomic mass is 16.1. The molecule has 0 N–H and O–H groups in total. The Bertz CT molecular complexity index is 351. The first kappa shape index (κ1) is 11.4. The summed E-state index contributed by atoms with van der Waals surface area (Å²) in [6, 6.07) is 2.57. The lowest BCUT2D eigenvalue weighted by molar-refractivity contribution is -0.118. The van der Waals surface area contributed by atoms with Crippen molar-refractivity contribution in [1.29, 1.82) is 0 Å². The van der Waals surface area contributed by atoms with Crippen molar-refractivity contribution in [3.8, 4) is 0 Å². The molecule has 1 fully saturated rings. The fraction of sp³-hybridized carbons (Fsp3) is 0.692. The molecule has 2 rings (SSSR count). The second-order valence-electron chi connectivity index (χ2n) is 4.69. The summed E-state index contributed by atoms with van der Waals surface area (Å²) in [6.07, 6.45) is 9.26. The predicted molar refractivity (Wildman–Crippen MR) is 63.4 cm³/mol. The number of ketones is 1. The minimum atomic E-state index is 0.305. The van der Waals surface area contributed by atoms with Crippen LogP contribution in [-0.2, 0) is 11.2 Å². The normalized spacial score (nSPS) is 16.8. The molecule has 1 aromatic heterocycles. The molecule has 0 unspecified atom stereocenters. The molecule has 0 spiro atoms. The average Bonchev–Trinajstić information content (AvgIpc) is 2.86. The van der Waals surface area contributed by atoms with Crippen LogP contribution in [0.5, 0.6) is 0 Å². The maximum atomic E-state index is 11.5. The molecule has 0 bridgehead atoms. The van der Waals surface area contributed by atoms with E-state index in [-0.39, 0.29) is 0 Å². The highest BCUT2D eigenvalue weighted by Crippen LogP contribution is 2.28. The van der Waals surface area contributed by atoms with Crippen LogP contribution in [0, 0.1) is 0 Å². The Morgan fingerprint density at radius 2 is 2.25 bits per heavy atom. The van der Waals surface area contributed by atoms with E-state index in [1.54, 1.807) is 0 Å². The monoisotopic (exact) mass is 220 g/mol. The number of hydrogen-bond donors (Lipinski definition) is 0. The van der Waals surface area contributed by atoms with Gasteiger partial charge in [-0.3, -0.25) is 9.48 Å². The Labute approximate surface area is 96.8 Å². The molecule has 16 heavy (non-hydrogen) atoms. The molecule has 1 aromatic rings. The first-order chi connectivity index (χ1) is 7.79. The van der Waals surface area contributed by atoms with Crippen molar-refractivity contribution >= 4 is 5.78 Å². The SMILES string of the molecule is CCCC(=O)Cc1ccn(C2CCCC2)n1. The van der Waals surface area contributed by atoms with Crippen molar-refractivity contribution in [2.24, 2.45) is 0 Å². The first-order valence-electron chi connectivity index (χ1n) is 6.35. The third-order valence-corrected chi connectivity index (χ3v) is 3.27. The minimum Gasteiger partial charge on any atom is -0.299 e. The molecule has 0 aliphatic heterocycles. The Hall–Kier alpha value is -1.12. The van der Waals surface area contributed by atoms with Gasteiger partial charge in [0.25, 0.3) is 0 Å². The van der Waals surface area contributed by atoms with Gasteiger partial charge < -0.3 is 0 Å². The lowest BCUT2D eigenvalue weighted by atomic mass is 10.1. The molecule has 3 nitrogen and oxygen atoms in total. The maximum absolute atomic E-state index is 11.5. The van der Waals surface area contributed by atoms with Crippen LogP contribution in [0.1, 0.15) is 57.2 Å². The summed E-state index contributed by atoms with van der Waals surface area (Å²) >= 11 is 0. The van der Waals surface area contributed by atoms with E-state index in [1.165, 1.54) is 25.7 Å². The lowest BCUT2D eigenvalue weighted by Gasteiger charge is -2.08. The van der Waals surface area contributed by atoms with Crippen LogP contribution >= 0.6 is 0 Å². The number of carbonyl (C=O) groups excluding carboxylic acids is 1. The highest BCUT2D eigenvalue weighted by molar-refractivity contribution is 5.80. The zero-order chi connectivity index (χ0) is 11.4. The van der Waals surface area contributed by atoms with Gasteiger partial charge in [0.05, 0.1) is 18.2 Å². The molecule has 0 saturated heterocycles. The van der Waals surface area contributed by atoms with E-state index in [9.17, 15) is 4.79 Å². The summed E-state index contributed by atoms with van der Waals surface area (Å²) < 4.78 is 2.06. The van der Waals surface area contributed by atoms with E-state index in [0.29, 0.717) is 24.7 Å². The molecular formula is C13H20N2O. The standard InChI is InChI=1S/C13H20N2O/c1-2-5-13(16)10-11-8-9-15(14-11)12-6-3-4-7-12/h8-9,12H,2-7,10H2,1H3. The molecular weight excluding hydrogens is 200 g/mol. The van der Waals surface area contributed by atoms with Crippen molar-refractivity contribution in [3.63, 3.8) is 0 Å². The van der Waals surface area contributed by atoms with Crippen LogP contribution in [0.15, 0.2) is 12.3 Å². The number of nitrogens with zero attached hydrogens (tertiary/aromatic N) is 2. The smallest absolute Gasteiger partial charge is 0.138 e. The van der Waals surface area contributed by atoms with Gasteiger partial charge in [-0.25, -0.2) is 0 Å². The number of Topliss-reactive ketones (excluding diaryl/α,β-unsaturated/α-hetero) is 1.